The monoisotopic (exact) mass is 1910 g/mol. The van der Waals surface area contributed by atoms with Crippen LogP contribution in [0.5, 0.6) is 0 Å². The summed E-state index contributed by atoms with van der Waals surface area (Å²) in [6.45, 7) is 69.5. The predicted octanol–water partition coefficient (Wildman–Crippen LogP) is 8.34. The Labute approximate surface area is 799 Å². The molecule has 2 amide bonds. The molecule has 2 saturated heterocycles. The van der Waals surface area contributed by atoms with Gasteiger partial charge in [-0.15, -0.1) is 0 Å². The van der Waals surface area contributed by atoms with Crippen LogP contribution in [0.2, 0.25) is 0 Å². The molecule has 0 aliphatic carbocycles. The van der Waals surface area contributed by atoms with E-state index in [0.29, 0.717) is 18.3 Å². The quantitative estimate of drug-likeness (QED) is 0.00931. The van der Waals surface area contributed by atoms with E-state index in [1.54, 1.807) is 83.1 Å². The SMILES string of the molecule is CC(C)(N=NC(C)(C)C(=N)N)C(=N)N.CC(C)(N=NC(C)(C)C(=N)N1CCCC1)C(=N)N1CCCC1.CC(C)(N=NC(C)(C)C(=O)NCCO)C(N)=O.CC(C)(N=NC(C)(C)C(N)=NCCC(=O)O)C(=N)N.CC(C)(N=NC(C)(C)C1=NCCN1)C1=NCCN1.CC(C)(N=NC(C)(C)C1=NCCN1)C1=NCCN1.CC(C)(N=NC(C)(C)C1=NCCN1)C1=NCCN1.CCC(=O)O.CCOO. The maximum Gasteiger partial charge on any atom is 0.305 e. The van der Waals surface area contributed by atoms with E-state index in [2.05, 4.69) is 158 Å². The van der Waals surface area contributed by atoms with Gasteiger partial charge in [0.15, 0.2) is 11.1 Å². The van der Waals surface area contributed by atoms with E-state index < -0.39 is 95.4 Å². The molecule has 0 aromatic heterocycles. The van der Waals surface area contributed by atoms with E-state index in [4.69, 9.17) is 76.3 Å². The van der Waals surface area contributed by atoms with Crippen LogP contribution < -0.4 is 65.9 Å². The number of hydrogen-bond donors (Lipinski definition) is 21. The first-order valence-electron chi connectivity index (χ1n) is 45.6. The molecule has 0 spiro atoms. The molecule has 8 heterocycles. The number of aliphatic hydroxyl groups excluding tert-OH is 1. The van der Waals surface area contributed by atoms with Gasteiger partial charge in [0.25, 0.3) is 0 Å². The Kier molecular flexibility index (Phi) is 50.3. The topological polar surface area (TPSA) is 758 Å². The van der Waals surface area contributed by atoms with Crippen LogP contribution >= 0.6 is 0 Å². The van der Waals surface area contributed by atoms with Crippen LogP contribution in [0.1, 0.15) is 246 Å². The van der Waals surface area contributed by atoms with Crippen LogP contribution in [-0.2, 0) is 24.1 Å². The number of carboxylic acid groups (broad SMARTS) is 2. The molecule has 49 nitrogen and oxygen atoms in total. The molecule has 0 radical (unpaired) electrons. The number of rotatable bonds is 35. The minimum absolute atomic E-state index is 0.0689. The molecule has 8 rings (SSSR count). The van der Waals surface area contributed by atoms with Crippen LogP contribution in [0, 0.1) is 27.0 Å². The summed E-state index contributed by atoms with van der Waals surface area (Å²) in [6, 6.07) is 0. The number of carboxylic acids is 2. The van der Waals surface area contributed by atoms with E-state index in [1.165, 1.54) is 13.8 Å². The summed E-state index contributed by atoms with van der Waals surface area (Å²) in [7, 11) is 0. The fourth-order valence-corrected chi connectivity index (χ4v) is 10.8. The third-order valence-electron chi connectivity index (χ3n) is 20.6. The van der Waals surface area contributed by atoms with Crippen LogP contribution in [0.25, 0.3) is 0 Å². The highest BCUT2D eigenvalue weighted by Crippen LogP contribution is 2.28. The Morgan fingerprint density at radius 2 is 0.593 bits per heavy atom. The molecule has 26 N–H and O–H groups in total. The minimum Gasteiger partial charge on any atom is -0.481 e. The molecule has 0 aromatic rings. The number of hydrogen-bond acceptors (Lipinski definition) is 39. The van der Waals surface area contributed by atoms with Gasteiger partial charge in [-0.25, -0.2) is 4.89 Å². The lowest BCUT2D eigenvalue weighted by molar-refractivity contribution is -0.237. The van der Waals surface area contributed by atoms with Gasteiger partial charge in [0.05, 0.1) is 65.4 Å². The highest BCUT2D eigenvalue weighted by molar-refractivity contribution is 5.97. The Morgan fingerprint density at radius 3 is 0.785 bits per heavy atom. The van der Waals surface area contributed by atoms with Crippen LogP contribution in [0.3, 0.4) is 0 Å². The summed E-state index contributed by atoms with van der Waals surface area (Å²) in [4.78, 5) is 80.5. The first-order chi connectivity index (χ1) is 61.9. The number of aliphatic carboxylic acids is 2. The zero-order valence-electron chi connectivity index (χ0n) is 86.4. The molecule has 2 fully saturated rings. The summed E-state index contributed by atoms with van der Waals surface area (Å²) in [5.74, 6) is 3.87. The Bertz CT molecular complexity index is 3960. The number of nitrogens with one attached hydrogen (secondary N) is 12. The summed E-state index contributed by atoms with van der Waals surface area (Å²) >= 11 is 0. The third kappa shape index (κ3) is 45.2. The minimum atomic E-state index is -1.14. The van der Waals surface area contributed by atoms with Crippen molar-refractivity contribution in [3.63, 3.8) is 0 Å². The van der Waals surface area contributed by atoms with Crippen molar-refractivity contribution in [1.82, 2.24) is 47.0 Å². The van der Waals surface area contributed by atoms with Crippen molar-refractivity contribution in [2.24, 2.45) is 135 Å². The van der Waals surface area contributed by atoms with Gasteiger partial charge in [-0.2, -0.15) is 71.6 Å². The van der Waals surface area contributed by atoms with Crippen LogP contribution in [-0.4, -0.2) is 333 Å². The Hall–Kier alpha value is -11.4. The number of nitrogens with two attached hydrogens (primary N) is 5. The zero-order valence-corrected chi connectivity index (χ0v) is 86.4. The van der Waals surface area contributed by atoms with E-state index >= 15 is 0 Å². The molecule has 0 aromatic carbocycles. The number of primary amides is 1. The highest BCUT2D eigenvalue weighted by atomic mass is 17.1. The van der Waals surface area contributed by atoms with Gasteiger partial charge in [0, 0.05) is 78.4 Å². The van der Waals surface area contributed by atoms with Crippen LogP contribution in [0.15, 0.2) is 107 Å². The molecule has 8 aliphatic heterocycles. The number of amides is 2. The fraction of sp³-hybridized carbons (Fsp3) is 0.814. The molecule has 0 unspecified atom stereocenters. The number of aliphatic imine (C=N–C) groups is 7. The second-order valence-electron chi connectivity index (χ2n) is 39.4. The summed E-state index contributed by atoms with van der Waals surface area (Å²) in [5, 5.41) is 152. The van der Waals surface area contributed by atoms with Crippen molar-refractivity contribution in [3.05, 3.63) is 0 Å². The average molecular weight is 1910 g/mol. The maximum absolute atomic E-state index is 11.6. The van der Waals surface area contributed by atoms with E-state index in [9.17, 15) is 19.2 Å². The number of nitrogens with zero attached hydrogens (tertiary/aromatic N) is 23. The van der Waals surface area contributed by atoms with Gasteiger partial charge in [0.2, 0.25) is 11.8 Å². The van der Waals surface area contributed by atoms with Crippen molar-refractivity contribution < 1.29 is 44.6 Å². The van der Waals surface area contributed by atoms with E-state index in [1.807, 2.05) is 111 Å². The first-order valence-corrected chi connectivity index (χ1v) is 45.6. The second-order valence-corrected chi connectivity index (χ2v) is 39.4. The maximum atomic E-state index is 11.6. The highest BCUT2D eigenvalue weighted by Gasteiger charge is 2.39. The molecule has 0 atom stereocenters. The fourth-order valence-electron chi connectivity index (χ4n) is 10.8. The largest absolute Gasteiger partial charge is 0.481 e. The van der Waals surface area contributed by atoms with Gasteiger partial charge in [-0.1, -0.05) is 6.92 Å². The van der Waals surface area contributed by atoms with Crippen molar-refractivity contribution in [2.45, 2.75) is 324 Å². The summed E-state index contributed by atoms with van der Waals surface area (Å²) in [6.07, 6.45) is 4.75. The molecule has 49 heteroatoms. The third-order valence-corrected chi connectivity index (χ3v) is 20.6. The number of amidine groups is 12. The molecule has 0 saturated carbocycles. The molecular weight excluding hydrogens is 1740 g/mol. The Morgan fingerprint density at radius 1 is 0.370 bits per heavy atom. The van der Waals surface area contributed by atoms with Crippen molar-refractivity contribution in [3.8, 4) is 0 Å². The number of carbonyl (C=O) groups is 4. The summed E-state index contributed by atoms with van der Waals surface area (Å²) < 4.78 is 0. The predicted molar refractivity (Wildman–Crippen MR) is 536 cm³/mol. The molecular formula is C86H168N40O9. The van der Waals surface area contributed by atoms with Gasteiger partial charge in [-0.05, 0) is 226 Å². The van der Waals surface area contributed by atoms with Gasteiger partial charge in [-0.3, -0.25) is 86.4 Å². The zero-order chi connectivity index (χ0) is 104. The Balaban J connectivity index is 0.00000153. The molecule has 0 bridgehead atoms. The summed E-state index contributed by atoms with van der Waals surface area (Å²) in [5.41, 5.74) is 17.6. The van der Waals surface area contributed by atoms with Crippen molar-refractivity contribution >= 4 is 93.8 Å². The van der Waals surface area contributed by atoms with Crippen molar-refractivity contribution in [2.75, 3.05) is 131 Å². The van der Waals surface area contributed by atoms with Crippen LogP contribution in [0.4, 0.5) is 0 Å². The smallest absolute Gasteiger partial charge is 0.305 e. The van der Waals surface area contributed by atoms with E-state index in [0.717, 1.165) is 165 Å². The number of azo groups is 7. The van der Waals surface area contributed by atoms with E-state index in [-0.39, 0.29) is 61.8 Å². The standard InChI is InChI=1S/C16H30N6.3C12H22N6.C11H22N6O2.C10H20N4O3.C8H18N6.C3H6O2.C2H6O2/c1-15(2,13(17)21-9-5-6-10-21)19-20-16(3,4)14(18)22-11-7-8-12-22;3*1-11(2,9-13-5-6-14-9)17-18-12(3,4)10-15-7-8-16-10;1-10(2,8(12)13)16-17-11(3,4)9(14)15-6-5-7(18)19;1-9(2,7(11)16)13-14-10(3,4)8(17)12-5-6-15;1-7(2,5(9)10)13-14-8(3,4)6(11)12;1-2-3(4)5;1-2-4-3/h17-18H,5-12H2,1-4H3;3*5-8H2,1-4H3,(H,13,14)(H,15,16);5-6H2,1-4H3,(H3,12,13)(H2,14,15)(H,18,19);15H,5-6H2,1-4H3,(H2,11,16)(H,12,17);1-4H3,(H3,9,10)(H3,11,12);2H2,1H3,(H,4,5);3H,2H2,1H3. The van der Waals surface area contributed by atoms with Gasteiger partial charge < -0.3 is 91.0 Å². The van der Waals surface area contributed by atoms with Gasteiger partial charge >= 0.3 is 11.9 Å². The van der Waals surface area contributed by atoms with Gasteiger partial charge in [0.1, 0.15) is 136 Å². The van der Waals surface area contributed by atoms with Crippen molar-refractivity contribution in [1.29, 1.82) is 27.0 Å². The molecule has 135 heavy (non-hydrogen) atoms. The molecule has 766 valence electrons. The lowest BCUT2D eigenvalue weighted by Gasteiger charge is -2.31. The first kappa shape index (κ1) is 124. The lowest BCUT2D eigenvalue weighted by Crippen LogP contribution is -2.44. The number of likely N-dealkylation sites (tertiary alicyclic amines) is 2. The number of carbonyl (C=O) groups excluding carboxylic acids is 2. The number of aliphatic hydroxyl groups is 1. The second kappa shape index (κ2) is 55.0. The lowest BCUT2D eigenvalue weighted by atomic mass is 10.0. The average Bonchev–Trinajstić information content (AvgIpc) is 1.81. The molecule has 8 aliphatic rings. The normalized spacial score (nSPS) is 17.0.